The van der Waals surface area contributed by atoms with E-state index in [0.717, 1.165) is 24.3 Å². The van der Waals surface area contributed by atoms with Crippen LogP contribution in [0.15, 0.2) is 4.99 Å². The smallest absolute Gasteiger partial charge is 0.156 e. The quantitative estimate of drug-likeness (QED) is 0.788. The number of thioether (sulfide) groups is 1. The molecule has 1 heterocycles. The summed E-state index contributed by atoms with van der Waals surface area (Å²) >= 11 is 1.88. The first-order valence-corrected chi connectivity index (χ1v) is 7.87. The van der Waals surface area contributed by atoms with E-state index in [9.17, 15) is 0 Å². The monoisotopic (exact) mass is 255 g/mol. The van der Waals surface area contributed by atoms with Crippen molar-refractivity contribution in [1.82, 2.24) is 10.2 Å². The first kappa shape index (κ1) is 13.2. The third-order valence-electron chi connectivity index (χ3n) is 3.63. The van der Waals surface area contributed by atoms with E-state index in [1.165, 1.54) is 25.1 Å². The van der Waals surface area contributed by atoms with Gasteiger partial charge in [-0.2, -0.15) is 0 Å². The van der Waals surface area contributed by atoms with Gasteiger partial charge in [-0.3, -0.25) is 9.89 Å². The molecule has 1 N–H and O–H groups in total. The lowest BCUT2D eigenvalue weighted by molar-refractivity contribution is 0.286. The lowest BCUT2D eigenvalue weighted by atomic mass is 10.1. The maximum absolute atomic E-state index is 4.68. The minimum absolute atomic E-state index is 0.615. The van der Waals surface area contributed by atoms with Gasteiger partial charge in [-0.05, 0) is 25.3 Å². The summed E-state index contributed by atoms with van der Waals surface area (Å²) in [4.78, 5) is 7.24. The van der Waals surface area contributed by atoms with Gasteiger partial charge in [0.25, 0.3) is 0 Å². The van der Waals surface area contributed by atoms with Crippen molar-refractivity contribution < 1.29 is 0 Å². The SMILES string of the molecule is CCN(CCN=C1NC(C(C)C)CS1)C1CC1. The molecule has 2 aliphatic rings. The Bertz CT molecular complexity index is 274. The predicted molar refractivity (Wildman–Crippen MR) is 76.8 cm³/mol. The van der Waals surface area contributed by atoms with Crippen LogP contribution in [-0.4, -0.2) is 47.5 Å². The second kappa shape index (κ2) is 6.10. The molecule has 0 spiro atoms. The number of nitrogens with one attached hydrogen (secondary N) is 1. The number of hydrogen-bond acceptors (Lipinski definition) is 3. The second-order valence-corrected chi connectivity index (χ2v) is 6.36. The first-order valence-electron chi connectivity index (χ1n) is 6.88. The van der Waals surface area contributed by atoms with Crippen molar-refractivity contribution in [2.24, 2.45) is 10.9 Å². The molecule has 2 fully saturated rings. The molecule has 4 heteroatoms. The van der Waals surface area contributed by atoms with E-state index < -0.39 is 0 Å². The number of rotatable bonds is 6. The van der Waals surface area contributed by atoms with E-state index in [2.05, 4.69) is 36.0 Å². The number of nitrogens with zero attached hydrogens (tertiary/aromatic N) is 2. The van der Waals surface area contributed by atoms with Gasteiger partial charge < -0.3 is 5.32 Å². The van der Waals surface area contributed by atoms with E-state index in [1.807, 2.05) is 11.8 Å². The average Bonchev–Trinajstić information content (AvgIpc) is 3.03. The Morgan fingerprint density at radius 3 is 2.76 bits per heavy atom. The molecule has 0 aromatic heterocycles. The van der Waals surface area contributed by atoms with Gasteiger partial charge in [0, 0.05) is 24.4 Å². The molecule has 1 saturated heterocycles. The van der Waals surface area contributed by atoms with Crippen LogP contribution in [0.25, 0.3) is 0 Å². The normalized spacial score (nSPS) is 27.1. The van der Waals surface area contributed by atoms with Crippen molar-refractivity contribution >= 4 is 16.9 Å². The molecule has 3 nitrogen and oxygen atoms in total. The van der Waals surface area contributed by atoms with E-state index in [-0.39, 0.29) is 0 Å². The van der Waals surface area contributed by atoms with Gasteiger partial charge in [0.2, 0.25) is 0 Å². The molecule has 0 aromatic rings. The third-order valence-corrected chi connectivity index (χ3v) is 4.67. The van der Waals surface area contributed by atoms with Crippen LogP contribution in [0.3, 0.4) is 0 Å². The van der Waals surface area contributed by atoms with E-state index in [1.54, 1.807) is 0 Å². The molecular weight excluding hydrogens is 230 g/mol. The summed E-state index contributed by atoms with van der Waals surface area (Å²) in [6, 6.07) is 1.48. The third kappa shape index (κ3) is 3.88. The van der Waals surface area contributed by atoms with Crippen LogP contribution in [0.4, 0.5) is 0 Å². The maximum atomic E-state index is 4.68. The average molecular weight is 255 g/mol. The Hall–Kier alpha value is -0.220. The van der Waals surface area contributed by atoms with Crippen LogP contribution in [0.5, 0.6) is 0 Å². The number of amidine groups is 1. The highest BCUT2D eigenvalue weighted by molar-refractivity contribution is 8.14. The summed E-state index contributed by atoms with van der Waals surface area (Å²) in [5, 5.41) is 4.68. The molecule has 0 amide bonds. The molecule has 1 aliphatic carbocycles. The molecule has 1 atom stereocenters. The highest BCUT2D eigenvalue weighted by atomic mass is 32.2. The summed E-state index contributed by atoms with van der Waals surface area (Å²) in [6.45, 7) is 10.0. The van der Waals surface area contributed by atoms with Crippen molar-refractivity contribution in [1.29, 1.82) is 0 Å². The lowest BCUT2D eigenvalue weighted by Gasteiger charge is -2.18. The highest BCUT2D eigenvalue weighted by Gasteiger charge is 2.27. The zero-order valence-corrected chi connectivity index (χ0v) is 12.1. The second-order valence-electron chi connectivity index (χ2n) is 5.35. The van der Waals surface area contributed by atoms with E-state index in [4.69, 9.17) is 0 Å². The van der Waals surface area contributed by atoms with E-state index >= 15 is 0 Å². The van der Waals surface area contributed by atoms with Crippen LogP contribution >= 0.6 is 11.8 Å². The Morgan fingerprint density at radius 1 is 1.47 bits per heavy atom. The number of aliphatic imine (C=N–C) groups is 1. The van der Waals surface area contributed by atoms with Crippen LogP contribution in [0.1, 0.15) is 33.6 Å². The minimum Gasteiger partial charge on any atom is -0.361 e. The van der Waals surface area contributed by atoms with Crippen LogP contribution in [0, 0.1) is 5.92 Å². The maximum Gasteiger partial charge on any atom is 0.156 e. The molecule has 2 rings (SSSR count). The summed E-state index contributed by atoms with van der Waals surface area (Å²) in [7, 11) is 0. The predicted octanol–water partition coefficient (Wildman–Crippen LogP) is 2.19. The Labute approximate surface area is 109 Å². The minimum atomic E-state index is 0.615. The molecule has 98 valence electrons. The van der Waals surface area contributed by atoms with Crippen LogP contribution < -0.4 is 5.32 Å². The zero-order valence-electron chi connectivity index (χ0n) is 11.3. The summed E-state index contributed by atoms with van der Waals surface area (Å²) in [5.74, 6) is 1.88. The van der Waals surface area contributed by atoms with Gasteiger partial charge in [-0.15, -0.1) is 0 Å². The van der Waals surface area contributed by atoms with Crippen molar-refractivity contribution in [3.05, 3.63) is 0 Å². The topological polar surface area (TPSA) is 27.6 Å². The summed E-state index contributed by atoms with van der Waals surface area (Å²) < 4.78 is 0. The van der Waals surface area contributed by atoms with Gasteiger partial charge in [0.1, 0.15) is 0 Å². The highest BCUT2D eigenvalue weighted by Crippen LogP contribution is 2.26. The van der Waals surface area contributed by atoms with Gasteiger partial charge in [-0.25, -0.2) is 0 Å². The molecular formula is C13H25N3S. The van der Waals surface area contributed by atoms with Gasteiger partial charge >= 0.3 is 0 Å². The van der Waals surface area contributed by atoms with Crippen molar-refractivity contribution in [3.63, 3.8) is 0 Å². The molecule has 1 unspecified atom stereocenters. The Morgan fingerprint density at radius 2 is 2.24 bits per heavy atom. The molecule has 0 aromatic carbocycles. The summed E-state index contributed by atoms with van der Waals surface area (Å²) in [5.41, 5.74) is 0. The van der Waals surface area contributed by atoms with Gasteiger partial charge in [-0.1, -0.05) is 32.5 Å². The van der Waals surface area contributed by atoms with Crippen LogP contribution in [0.2, 0.25) is 0 Å². The fraction of sp³-hybridized carbons (Fsp3) is 0.923. The van der Waals surface area contributed by atoms with Gasteiger partial charge in [0.15, 0.2) is 5.17 Å². The van der Waals surface area contributed by atoms with Gasteiger partial charge in [0.05, 0.1) is 6.54 Å². The molecule has 1 saturated carbocycles. The van der Waals surface area contributed by atoms with Crippen molar-refractivity contribution in [3.8, 4) is 0 Å². The number of likely N-dealkylation sites (N-methyl/N-ethyl adjacent to an activating group) is 1. The molecule has 0 bridgehead atoms. The zero-order chi connectivity index (χ0) is 12.3. The lowest BCUT2D eigenvalue weighted by Crippen LogP contribution is -2.32. The molecule has 1 aliphatic heterocycles. The molecule has 17 heavy (non-hydrogen) atoms. The fourth-order valence-electron chi connectivity index (χ4n) is 2.18. The summed E-state index contributed by atoms with van der Waals surface area (Å²) in [6.07, 6.45) is 2.79. The Balaban J connectivity index is 1.70. The van der Waals surface area contributed by atoms with E-state index in [0.29, 0.717) is 12.0 Å². The Kier molecular flexibility index (Phi) is 4.74. The van der Waals surface area contributed by atoms with Crippen LogP contribution in [-0.2, 0) is 0 Å². The largest absolute Gasteiger partial charge is 0.361 e. The van der Waals surface area contributed by atoms with Crippen molar-refractivity contribution in [2.45, 2.75) is 45.7 Å². The fourth-order valence-corrected chi connectivity index (χ4v) is 3.40. The van der Waals surface area contributed by atoms with Crippen molar-refractivity contribution in [2.75, 3.05) is 25.4 Å². The first-order chi connectivity index (χ1) is 8.20. The molecule has 0 radical (unpaired) electrons. The number of hydrogen-bond donors (Lipinski definition) is 1. The standard InChI is InChI=1S/C13H25N3S/c1-4-16(11-5-6-11)8-7-14-13-15-12(9-17-13)10(2)3/h10-12H,4-9H2,1-3H3,(H,14,15).